The standard InChI is InChI=1S/C17H23N3O3/c1-2-23-17(22)12-7-9-20(10-8-12)16(21)13-3-6-15(18-11-13)19-14-4-5-14/h3,6,11-12,14H,2,4-5,7-10H2,1H3,(H,18,19). The maximum absolute atomic E-state index is 12.5. The van der Waals surface area contributed by atoms with Crippen LogP contribution in [0.25, 0.3) is 0 Å². The lowest BCUT2D eigenvalue weighted by atomic mass is 9.96. The maximum Gasteiger partial charge on any atom is 0.309 e. The molecule has 2 heterocycles. The van der Waals surface area contributed by atoms with Crippen LogP contribution >= 0.6 is 0 Å². The molecule has 124 valence electrons. The van der Waals surface area contributed by atoms with E-state index in [1.54, 1.807) is 11.1 Å². The van der Waals surface area contributed by atoms with Crippen LogP contribution in [0.3, 0.4) is 0 Å². The zero-order valence-corrected chi connectivity index (χ0v) is 13.5. The third-order valence-electron chi connectivity index (χ3n) is 4.34. The molecule has 1 saturated heterocycles. The number of hydrogen-bond acceptors (Lipinski definition) is 5. The summed E-state index contributed by atoms with van der Waals surface area (Å²) in [6.45, 7) is 3.39. The fourth-order valence-corrected chi connectivity index (χ4v) is 2.80. The van der Waals surface area contributed by atoms with Crippen LogP contribution in [0.2, 0.25) is 0 Å². The fraction of sp³-hybridized carbons (Fsp3) is 0.588. The molecule has 3 rings (SSSR count). The summed E-state index contributed by atoms with van der Waals surface area (Å²) in [7, 11) is 0. The molecule has 1 amide bonds. The van der Waals surface area contributed by atoms with Crippen LogP contribution in [0.4, 0.5) is 5.82 Å². The van der Waals surface area contributed by atoms with Gasteiger partial charge in [-0.25, -0.2) is 4.98 Å². The third kappa shape index (κ3) is 4.00. The number of rotatable bonds is 5. The predicted molar refractivity (Wildman–Crippen MR) is 86.1 cm³/mol. The molecule has 1 aliphatic carbocycles. The fourth-order valence-electron chi connectivity index (χ4n) is 2.80. The summed E-state index contributed by atoms with van der Waals surface area (Å²) < 4.78 is 5.05. The van der Waals surface area contributed by atoms with Crippen molar-refractivity contribution in [3.05, 3.63) is 23.9 Å². The van der Waals surface area contributed by atoms with Crippen molar-refractivity contribution in [2.24, 2.45) is 5.92 Å². The number of ether oxygens (including phenoxy) is 1. The van der Waals surface area contributed by atoms with E-state index in [4.69, 9.17) is 4.74 Å². The second-order valence-corrected chi connectivity index (χ2v) is 6.17. The monoisotopic (exact) mass is 317 g/mol. The van der Waals surface area contributed by atoms with Crippen molar-refractivity contribution >= 4 is 17.7 Å². The second-order valence-electron chi connectivity index (χ2n) is 6.17. The summed E-state index contributed by atoms with van der Waals surface area (Å²) >= 11 is 0. The lowest BCUT2D eigenvalue weighted by Crippen LogP contribution is -2.40. The van der Waals surface area contributed by atoms with Crippen LogP contribution < -0.4 is 5.32 Å². The molecule has 6 heteroatoms. The van der Waals surface area contributed by atoms with Gasteiger partial charge in [0.25, 0.3) is 5.91 Å². The van der Waals surface area contributed by atoms with E-state index in [1.165, 1.54) is 12.8 Å². The molecule has 0 spiro atoms. The molecule has 1 aromatic rings. The summed E-state index contributed by atoms with van der Waals surface area (Å²) in [6.07, 6.45) is 5.35. The van der Waals surface area contributed by atoms with Crippen molar-refractivity contribution in [2.75, 3.05) is 25.0 Å². The average Bonchev–Trinajstić information content (AvgIpc) is 3.39. The van der Waals surface area contributed by atoms with Crippen molar-refractivity contribution in [3.63, 3.8) is 0 Å². The van der Waals surface area contributed by atoms with Crippen molar-refractivity contribution in [1.29, 1.82) is 0 Å². The van der Waals surface area contributed by atoms with E-state index in [9.17, 15) is 9.59 Å². The Morgan fingerprint density at radius 2 is 2.00 bits per heavy atom. The molecule has 6 nitrogen and oxygen atoms in total. The van der Waals surface area contributed by atoms with E-state index in [-0.39, 0.29) is 17.8 Å². The van der Waals surface area contributed by atoms with E-state index in [0.717, 1.165) is 5.82 Å². The number of piperidine rings is 1. The average molecular weight is 317 g/mol. The first-order valence-corrected chi connectivity index (χ1v) is 8.36. The number of pyridine rings is 1. The van der Waals surface area contributed by atoms with Gasteiger partial charge in [0.05, 0.1) is 18.1 Å². The number of esters is 1. The van der Waals surface area contributed by atoms with Gasteiger partial charge in [-0.2, -0.15) is 0 Å². The number of likely N-dealkylation sites (tertiary alicyclic amines) is 1. The predicted octanol–water partition coefficient (Wildman–Crippen LogP) is 2.07. The number of carbonyl (C=O) groups is 2. The van der Waals surface area contributed by atoms with Gasteiger partial charge < -0.3 is 15.0 Å². The van der Waals surface area contributed by atoms with Crippen molar-refractivity contribution in [2.45, 2.75) is 38.6 Å². The summed E-state index contributed by atoms with van der Waals surface area (Å²) in [5, 5.41) is 3.30. The molecule has 0 unspecified atom stereocenters. The summed E-state index contributed by atoms with van der Waals surface area (Å²) in [6, 6.07) is 4.22. The molecule has 0 radical (unpaired) electrons. The molecule has 0 atom stereocenters. The highest BCUT2D eigenvalue weighted by Gasteiger charge is 2.28. The number of amides is 1. The molecule has 1 saturated carbocycles. The Bertz CT molecular complexity index is 561. The Balaban J connectivity index is 1.53. The highest BCUT2D eigenvalue weighted by molar-refractivity contribution is 5.94. The van der Waals surface area contributed by atoms with Crippen LogP contribution in [-0.2, 0) is 9.53 Å². The molecule has 0 aromatic carbocycles. The van der Waals surface area contributed by atoms with Gasteiger partial charge in [0.1, 0.15) is 5.82 Å². The maximum atomic E-state index is 12.5. The van der Waals surface area contributed by atoms with E-state index < -0.39 is 0 Å². The van der Waals surface area contributed by atoms with Crippen LogP contribution in [0.1, 0.15) is 43.0 Å². The van der Waals surface area contributed by atoms with Crippen LogP contribution in [-0.4, -0.2) is 47.5 Å². The Kier molecular flexibility index (Phi) is 4.79. The number of hydrogen-bond donors (Lipinski definition) is 1. The smallest absolute Gasteiger partial charge is 0.309 e. The third-order valence-corrected chi connectivity index (χ3v) is 4.34. The molecular formula is C17H23N3O3. The van der Waals surface area contributed by atoms with Gasteiger partial charge in [-0.15, -0.1) is 0 Å². The summed E-state index contributed by atoms with van der Waals surface area (Å²) in [4.78, 5) is 30.3. The van der Waals surface area contributed by atoms with Crippen molar-refractivity contribution in [1.82, 2.24) is 9.88 Å². The minimum absolute atomic E-state index is 0.0159. The van der Waals surface area contributed by atoms with Gasteiger partial charge in [0.2, 0.25) is 0 Å². The minimum Gasteiger partial charge on any atom is -0.466 e. The van der Waals surface area contributed by atoms with Gasteiger partial charge in [-0.1, -0.05) is 0 Å². The molecule has 1 aliphatic heterocycles. The largest absolute Gasteiger partial charge is 0.466 e. The van der Waals surface area contributed by atoms with E-state index in [0.29, 0.717) is 44.1 Å². The number of nitrogens with zero attached hydrogens (tertiary/aromatic N) is 2. The minimum atomic E-state index is -0.142. The SMILES string of the molecule is CCOC(=O)C1CCN(C(=O)c2ccc(NC3CC3)nc2)CC1. The van der Waals surface area contributed by atoms with E-state index in [1.807, 2.05) is 19.1 Å². The Hall–Kier alpha value is -2.11. The summed E-state index contributed by atoms with van der Waals surface area (Å²) in [5.41, 5.74) is 0.598. The first kappa shape index (κ1) is 15.8. The van der Waals surface area contributed by atoms with Crippen LogP contribution in [0, 0.1) is 5.92 Å². The number of aromatic nitrogens is 1. The van der Waals surface area contributed by atoms with Crippen LogP contribution in [0.15, 0.2) is 18.3 Å². The Morgan fingerprint density at radius 3 is 2.57 bits per heavy atom. The van der Waals surface area contributed by atoms with Gasteiger partial charge in [0, 0.05) is 25.3 Å². The van der Waals surface area contributed by atoms with E-state index >= 15 is 0 Å². The molecule has 23 heavy (non-hydrogen) atoms. The molecule has 1 N–H and O–H groups in total. The van der Waals surface area contributed by atoms with Gasteiger partial charge in [0.15, 0.2) is 0 Å². The second kappa shape index (κ2) is 6.98. The zero-order chi connectivity index (χ0) is 16.2. The van der Waals surface area contributed by atoms with Crippen molar-refractivity contribution < 1.29 is 14.3 Å². The summed E-state index contributed by atoms with van der Waals surface area (Å²) in [5.74, 6) is 0.585. The number of anilines is 1. The van der Waals surface area contributed by atoms with Gasteiger partial charge >= 0.3 is 5.97 Å². The lowest BCUT2D eigenvalue weighted by molar-refractivity contribution is -0.149. The van der Waals surface area contributed by atoms with Gasteiger partial charge in [-0.3, -0.25) is 9.59 Å². The Labute approximate surface area is 136 Å². The van der Waals surface area contributed by atoms with Crippen molar-refractivity contribution in [3.8, 4) is 0 Å². The molecule has 0 bridgehead atoms. The first-order valence-electron chi connectivity index (χ1n) is 8.36. The lowest BCUT2D eigenvalue weighted by Gasteiger charge is -2.30. The molecule has 2 aliphatic rings. The number of carbonyl (C=O) groups excluding carboxylic acids is 2. The quantitative estimate of drug-likeness (QED) is 0.842. The zero-order valence-electron chi connectivity index (χ0n) is 13.5. The van der Waals surface area contributed by atoms with Gasteiger partial charge in [-0.05, 0) is 44.7 Å². The highest BCUT2D eigenvalue weighted by Crippen LogP contribution is 2.24. The highest BCUT2D eigenvalue weighted by atomic mass is 16.5. The Morgan fingerprint density at radius 1 is 1.26 bits per heavy atom. The molecule has 1 aromatic heterocycles. The van der Waals surface area contributed by atoms with E-state index in [2.05, 4.69) is 10.3 Å². The van der Waals surface area contributed by atoms with Crippen LogP contribution in [0.5, 0.6) is 0 Å². The first-order chi connectivity index (χ1) is 11.2. The number of nitrogens with one attached hydrogen (secondary N) is 1. The molecule has 2 fully saturated rings. The normalized spacial score (nSPS) is 18.6. The topological polar surface area (TPSA) is 71.5 Å². The molecular weight excluding hydrogens is 294 g/mol.